The summed E-state index contributed by atoms with van der Waals surface area (Å²) >= 11 is 0. The molecule has 0 saturated heterocycles. The van der Waals surface area contributed by atoms with Gasteiger partial charge in [0.1, 0.15) is 0 Å². The molecule has 0 nitrogen and oxygen atoms in total. The molecule has 0 saturated carbocycles. The van der Waals surface area contributed by atoms with Crippen molar-refractivity contribution in [3.05, 3.63) is 102 Å². The molecule has 0 fully saturated rings. The average Bonchev–Trinajstić information content (AvgIpc) is 2.52. The first-order chi connectivity index (χ1) is 10.2. The van der Waals surface area contributed by atoms with Crippen LogP contribution >= 0.6 is 0 Å². The van der Waals surface area contributed by atoms with E-state index in [2.05, 4.69) is 62.6 Å². The molecule has 1 aromatic rings. The van der Waals surface area contributed by atoms with E-state index in [-0.39, 0.29) is 10.9 Å². The maximum Gasteiger partial charge on any atom is 0.166 e. The first-order valence-electron chi connectivity index (χ1n) is 6.97. The summed E-state index contributed by atoms with van der Waals surface area (Å²) in [5.41, 5.74) is 0. The van der Waals surface area contributed by atoms with Crippen LogP contribution in [0.1, 0.15) is 13.8 Å². The van der Waals surface area contributed by atoms with Crippen LogP contribution in [0.3, 0.4) is 0 Å². The lowest BCUT2D eigenvalue weighted by Crippen LogP contribution is -2.06. The van der Waals surface area contributed by atoms with Crippen LogP contribution < -0.4 is 0 Å². The summed E-state index contributed by atoms with van der Waals surface area (Å²) in [4.78, 5) is 3.62. The molecule has 1 atom stereocenters. The third kappa shape index (κ3) is 5.49. The molecule has 0 aliphatic heterocycles. The quantitative estimate of drug-likeness (QED) is 0.430. The van der Waals surface area contributed by atoms with Gasteiger partial charge in [0.05, 0.1) is 10.9 Å². The van der Waals surface area contributed by atoms with E-state index in [1.165, 1.54) is 9.80 Å². The fraction of sp³-hybridized carbons (Fsp3) is 0.100. The van der Waals surface area contributed by atoms with Crippen molar-refractivity contribution in [2.24, 2.45) is 0 Å². The zero-order valence-corrected chi connectivity index (χ0v) is 13.6. The molecule has 0 spiro atoms. The fourth-order valence-electron chi connectivity index (χ4n) is 1.78. The van der Waals surface area contributed by atoms with Crippen LogP contribution in [0.5, 0.6) is 0 Å². The van der Waals surface area contributed by atoms with Gasteiger partial charge in [0.15, 0.2) is 14.7 Å². The van der Waals surface area contributed by atoms with E-state index < -0.39 is 0 Å². The topological polar surface area (TPSA) is 0 Å². The van der Waals surface area contributed by atoms with Crippen molar-refractivity contribution in [1.82, 2.24) is 0 Å². The lowest BCUT2D eigenvalue weighted by molar-refractivity contribution is 1.45. The molecule has 0 amide bonds. The predicted octanol–water partition coefficient (Wildman–Crippen LogP) is 5.96. The summed E-state index contributed by atoms with van der Waals surface area (Å²) in [5.74, 6) is 0. The highest BCUT2D eigenvalue weighted by atomic mass is 32.2. The molecule has 1 rings (SSSR count). The van der Waals surface area contributed by atoms with Crippen molar-refractivity contribution in [2.75, 3.05) is 0 Å². The van der Waals surface area contributed by atoms with Crippen LogP contribution in [0.4, 0.5) is 0 Å². The Morgan fingerprint density at radius 1 is 1.00 bits per heavy atom. The largest absolute Gasteiger partial charge is 0.166 e. The van der Waals surface area contributed by atoms with E-state index in [1.54, 1.807) is 6.08 Å². The van der Waals surface area contributed by atoms with E-state index in [4.69, 9.17) is 0 Å². The highest BCUT2D eigenvalue weighted by Crippen LogP contribution is 2.30. The number of rotatable bonds is 7. The first-order valence-corrected chi connectivity index (χ1v) is 8.20. The Hall–Kier alpha value is -1.99. The van der Waals surface area contributed by atoms with Crippen molar-refractivity contribution in [1.29, 1.82) is 0 Å². The highest BCUT2D eigenvalue weighted by Gasteiger charge is 2.28. The van der Waals surface area contributed by atoms with Gasteiger partial charge < -0.3 is 0 Å². The predicted molar refractivity (Wildman–Crippen MR) is 98.3 cm³/mol. The third-order valence-corrected chi connectivity index (χ3v) is 4.99. The number of hydrogen-bond donors (Lipinski definition) is 0. The third-order valence-electron chi connectivity index (χ3n) is 2.74. The maximum absolute atomic E-state index is 4.27. The summed E-state index contributed by atoms with van der Waals surface area (Å²) in [6.45, 7) is 12.1. The van der Waals surface area contributed by atoms with E-state index in [1.807, 2.05) is 37.3 Å². The number of benzene rings is 1. The van der Waals surface area contributed by atoms with Gasteiger partial charge >= 0.3 is 0 Å². The van der Waals surface area contributed by atoms with Crippen molar-refractivity contribution in [3.63, 3.8) is 0 Å². The Morgan fingerprint density at radius 3 is 2.29 bits per heavy atom. The molecule has 0 aliphatic carbocycles. The van der Waals surface area contributed by atoms with Gasteiger partial charge in [-0.25, -0.2) is 0 Å². The number of hydrogen-bond acceptors (Lipinski definition) is 0. The minimum atomic E-state index is -0.164. The maximum atomic E-state index is 4.27. The van der Waals surface area contributed by atoms with E-state index >= 15 is 0 Å². The van der Waals surface area contributed by atoms with Crippen molar-refractivity contribution in [3.8, 4) is 0 Å². The smallest absolute Gasteiger partial charge is 0.0991 e. The molecule has 0 radical (unpaired) electrons. The first kappa shape index (κ1) is 17.1. The SMILES string of the molecule is C=C/C=C\C(=C/C)[S+](C(=C)/C=C\C=C/C)c1ccccc1. The fourth-order valence-corrected chi connectivity index (χ4v) is 3.75. The van der Waals surface area contributed by atoms with Crippen LogP contribution in [0.2, 0.25) is 0 Å². The van der Waals surface area contributed by atoms with Crippen LogP contribution in [-0.2, 0) is 10.9 Å². The Kier molecular flexibility index (Phi) is 8.00. The van der Waals surface area contributed by atoms with Crippen molar-refractivity contribution >= 4 is 10.9 Å². The molecular formula is C20H23S+. The summed E-state index contributed by atoms with van der Waals surface area (Å²) < 4.78 is 0. The molecule has 0 heterocycles. The monoisotopic (exact) mass is 295 g/mol. The van der Waals surface area contributed by atoms with Gasteiger partial charge in [-0.3, -0.25) is 0 Å². The van der Waals surface area contributed by atoms with Crippen molar-refractivity contribution in [2.45, 2.75) is 18.7 Å². The summed E-state index contributed by atoms with van der Waals surface area (Å²) in [6.07, 6.45) is 16.2. The van der Waals surface area contributed by atoms with Gasteiger partial charge in [0, 0.05) is 0 Å². The summed E-state index contributed by atoms with van der Waals surface area (Å²) in [7, 11) is -0.164. The van der Waals surface area contributed by atoms with Gasteiger partial charge in [-0.05, 0) is 50.8 Å². The molecule has 1 unspecified atom stereocenters. The van der Waals surface area contributed by atoms with Crippen LogP contribution in [0, 0.1) is 0 Å². The summed E-state index contributed by atoms with van der Waals surface area (Å²) in [6, 6.07) is 10.5. The molecule has 1 aromatic carbocycles. The average molecular weight is 295 g/mol. The molecule has 0 N–H and O–H groups in total. The van der Waals surface area contributed by atoms with Crippen molar-refractivity contribution < 1.29 is 0 Å². The lowest BCUT2D eigenvalue weighted by atomic mass is 10.4. The van der Waals surface area contributed by atoms with E-state index in [9.17, 15) is 0 Å². The highest BCUT2D eigenvalue weighted by molar-refractivity contribution is 8.04. The second kappa shape index (κ2) is 9.84. The standard InChI is InChI=1S/C20H23S/c1-5-8-11-14-18(4)21(19(7-3)15-9-6-2)20-16-12-10-13-17-20/h5-17H,2,4H2,1,3H3/q+1/b8-5-,14-11-,15-9-,19-7+. The zero-order chi connectivity index (χ0) is 15.5. The molecule has 108 valence electrons. The van der Waals surface area contributed by atoms with Crippen LogP contribution in [-0.4, -0.2) is 0 Å². The number of allylic oxidation sites excluding steroid dienone is 8. The molecule has 0 aromatic heterocycles. The molecule has 21 heavy (non-hydrogen) atoms. The molecule has 0 bridgehead atoms. The zero-order valence-electron chi connectivity index (χ0n) is 12.8. The lowest BCUT2D eigenvalue weighted by Gasteiger charge is -2.07. The van der Waals surface area contributed by atoms with E-state index in [0.717, 1.165) is 4.91 Å². The Bertz CT molecular complexity index is 571. The molecular weight excluding hydrogens is 272 g/mol. The minimum absolute atomic E-state index is 0.164. The minimum Gasteiger partial charge on any atom is -0.0991 e. The molecule has 0 aliphatic rings. The van der Waals surface area contributed by atoms with Crippen LogP contribution in [0.25, 0.3) is 0 Å². The normalized spacial score (nSPS) is 14.1. The van der Waals surface area contributed by atoms with Gasteiger partial charge in [-0.2, -0.15) is 0 Å². The van der Waals surface area contributed by atoms with Gasteiger partial charge in [-0.15, -0.1) is 0 Å². The van der Waals surface area contributed by atoms with Gasteiger partial charge in [0.25, 0.3) is 0 Å². The Balaban J connectivity index is 3.20. The van der Waals surface area contributed by atoms with Gasteiger partial charge in [0.2, 0.25) is 0 Å². The van der Waals surface area contributed by atoms with Crippen LogP contribution in [0.15, 0.2) is 107 Å². The second-order valence-electron chi connectivity index (χ2n) is 4.26. The summed E-state index contributed by atoms with van der Waals surface area (Å²) in [5, 5.41) is 0. The second-order valence-corrected chi connectivity index (χ2v) is 6.34. The Labute approximate surface area is 131 Å². The van der Waals surface area contributed by atoms with E-state index in [0.29, 0.717) is 0 Å². The van der Waals surface area contributed by atoms with Gasteiger partial charge in [-0.1, -0.05) is 55.2 Å². The molecule has 1 heteroatoms. The Morgan fingerprint density at radius 2 is 1.71 bits per heavy atom.